The normalized spacial score (nSPS) is 15.5. The van der Waals surface area contributed by atoms with Crippen molar-refractivity contribution in [1.29, 1.82) is 0 Å². The number of unbranched alkanes of at least 4 members (excludes halogenated alkanes) is 1. The molecule has 0 atom stereocenters. The number of aromatic nitrogens is 3. The maximum Gasteiger partial charge on any atom is 0.273 e. The van der Waals surface area contributed by atoms with Crippen molar-refractivity contribution in [3.8, 4) is 0 Å². The number of hydrogen-bond acceptors (Lipinski definition) is 5. The lowest BCUT2D eigenvalue weighted by molar-refractivity contribution is -0.116. The van der Waals surface area contributed by atoms with Crippen LogP contribution in [0.1, 0.15) is 60.7 Å². The number of amides is 1. The van der Waals surface area contributed by atoms with Gasteiger partial charge in [-0.05, 0) is 76.0 Å². The van der Waals surface area contributed by atoms with Crippen molar-refractivity contribution in [2.75, 3.05) is 20.6 Å². The van der Waals surface area contributed by atoms with Gasteiger partial charge in [-0.3, -0.25) is 4.79 Å². The molecule has 1 amide bonds. The Bertz CT molecular complexity index is 924. The Hall–Kier alpha value is -2.80. The third-order valence-electron chi connectivity index (χ3n) is 5.16. The largest absolute Gasteiger partial charge is 0.359 e. The SMILES string of the molecule is Cc1[nH]c(/C=C2/C(=O)NN=C2c2ccnnc2)c(C(C)C)c1CCCCN(C)C. The molecule has 0 fully saturated rings. The Morgan fingerprint density at radius 3 is 2.66 bits per heavy atom. The topological polar surface area (TPSA) is 86.3 Å². The van der Waals surface area contributed by atoms with E-state index in [0.717, 1.165) is 30.6 Å². The summed E-state index contributed by atoms with van der Waals surface area (Å²) in [5.41, 5.74) is 9.29. The minimum Gasteiger partial charge on any atom is -0.359 e. The fourth-order valence-electron chi connectivity index (χ4n) is 3.80. The van der Waals surface area contributed by atoms with Gasteiger partial charge in [-0.2, -0.15) is 15.3 Å². The van der Waals surface area contributed by atoms with Crippen molar-refractivity contribution in [3.05, 3.63) is 52.1 Å². The lowest BCUT2D eigenvalue weighted by atomic mass is 9.93. The minimum atomic E-state index is -0.202. The molecule has 3 heterocycles. The molecule has 1 aliphatic heterocycles. The molecular weight excluding hydrogens is 364 g/mol. The first kappa shape index (κ1) is 20.9. The number of nitrogens with one attached hydrogen (secondary N) is 2. The number of rotatable bonds is 8. The van der Waals surface area contributed by atoms with E-state index in [2.05, 4.69) is 65.5 Å². The summed E-state index contributed by atoms with van der Waals surface area (Å²) in [6, 6.07) is 1.81. The highest BCUT2D eigenvalue weighted by atomic mass is 16.2. The standard InChI is InChI=1S/C22H30N6O/c1-14(2)20-17(8-6-7-11-28(4)5)15(3)25-19(20)12-18-21(26-27-22(18)29)16-9-10-23-24-13-16/h9-10,12-14,25H,6-8,11H2,1-5H3,(H,27,29)/b18-12+. The molecule has 29 heavy (non-hydrogen) atoms. The maximum absolute atomic E-state index is 12.5. The molecule has 2 aromatic rings. The van der Waals surface area contributed by atoms with Gasteiger partial charge in [-0.15, -0.1) is 0 Å². The first-order valence-electron chi connectivity index (χ1n) is 10.1. The van der Waals surface area contributed by atoms with Crippen LogP contribution in [0.5, 0.6) is 0 Å². The van der Waals surface area contributed by atoms with Gasteiger partial charge in [0.05, 0.1) is 18.0 Å². The number of hydrazone groups is 1. The third kappa shape index (κ3) is 4.79. The van der Waals surface area contributed by atoms with Crippen LogP contribution in [0.3, 0.4) is 0 Å². The first-order chi connectivity index (χ1) is 13.9. The van der Waals surface area contributed by atoms with Gasteiger partial charge in [0, 0.05) is 17.0 Å². The van der Waals surface area contributed by atoms with E-state index in [9.17, 15) is 4.79 Å². The van der Waals surface area contributed by atoms with Crippen molar-refractivity contribution in [1.82, 2.24) is 25.5 Å². The number of aromatic amines is 1. The summed E-state index contributed by atoms with van der Waals surface area (Å²) < 4.78 is 0. The second-order valence-electron chi connectivity index (χ2n) is 8.06. The minimum absolute atomic E-state index is 0.202. The van der Waals surface area contributed by atoms with Crippen molar-refractivity contribution < 1.29 is 4.79 Å². The van der Waals surface area contributed by atoms with Crippen LogP contribution in [-0.2, 0) is 11.2 Å². The monoisotopic (exact) mass is 394 g/mol. The van der Waals surface area contributed by atoms with Gasteiger partial charge in [0.15, 0.2) is 0 Å². The van der Waals surface area contributed by atoms with Crippen LogP contribution in [0.25, 0.3) is 6.08 Å². The highest BCUT2D eigenvalue weighted by molar-refractivity contribution is 6.33. The molecule has 2 N–H and O–H groups in total. The predicted octanol–water partition coefficient (Wildman–Crippen LogP) is 3.04. The molecular formula is C22H30N6O. The molecule has 7 nitrogen and oxygen atoms in total. The molecule has 0 saturated carbocycles. The smallest absolute Gasteiger partial charge is 0.273 e. The van der Waals surface area contributed by atoms with Crippen molar-refractivity contribution in [2.24, 2.45) is 5.10 Å². The molecule has 1 aliphatic rings. The first-order valence-corrected chi connectivity index (χ1v) is 10.1. The summed E-state index contributed by atoms with van der Waals surface area (Å²) in [5.74, 6) is 0.148. The van der Waals surface area contributed by atoms with Gasteiger partial charge in [0.25, 0.3) is 5.91 Å². The number of hydrogen-bond donors (Lipinski definition) is 2. The second kappa shape index (κ2) is 9.13. The van der Waals surface area contributed by atoms with E-state index in [1.807, 2.05) is 6.08 Å². The van der Waals surface area contributed by atoms with E-state index < -0.39 is 0 Å². The zero-order chi connectivity index (χ0) is 21.0. The Morgan fingerprint density at radius 1 is 1.21 bits per heavy atom. The zero-order valence-electron chi connectivity index (χ0n) is 17.9. The van der Waals surface area contributed by atoms with Crippen LogP contribution in [0.15, 0.2) is 29.1 Å². The lowest BCUT2D eigenvalue weighted by Gasteiger charge is -2.12. The van der Waals surface area contributed by atoms with Gasteiger partial charge < -0.3 is 9.88 Å². The summed E-state index contributed by atoms with van der Waals surface area (Å²) in [5, 5.41) is 11.9. The summed E-state index contributed by atoms with van der Waals surface area (Å²) in [6.45, 7) is 7.61. The molecule has 0 radical (unpaired) electrons. The zero-order valence-corrected chi connectivity index (χ0v) is 17.9. The summed E-state index contributed by atoms with van der Waals surface area (Å²) >= 11 is 0. The van der Waals surface area contributed by atoms with E-state index in [1.54, 1.807) is 18.5 Å². The molecule has 0 unspecified atom stereocenters. The number of aryl methyl sites for hydroxylation is 1. The third-order valence-corrected chi connectivity index (χ3v) is 5.16. The fraction of sp³-hybridized carbons (Fsp3) is 0.455. The summed E-state index contributed by atoms with van der Waals surface area (Å²) in [7, 11) is 4.21. The van der Waals surface area contributed by atoms with Crippen LogP contribution in [0, 0.1) is 6.92 Å². The molecule has 0 saturated heterocycles. The molecule has 0 bridgehead atoms. The quantitative estimate of drug-likeness (QED) is 0.532. The van der Waals surface area contributed by atoms with Crippen LogP contribution >= 0.6 is 0 Å². The van der Waals surface area contributed by atoms with Gasteiger partial charge in [-0.25, -0.2) is 5.43 Å². The molecule has 2 aromatic heterocycles. The molecule has 7 heteroatoms. The average Bonchev–Trinajstić information content (AvgIpc) is 3.19. The predicted molar refractivity (Wildman–Crippen MR) is 116 cm³/mol. The van der Waals surface area contributed by atoms with Gasteiger partial charge in [0.2, 0.25) is 0 Å². The number of nitrogens with zero attached hydrogens (tertiary/aromatic N) is 4. The Kier molecular flexibility index (Phi) is 6.59. The molecule has 3 rings (SSSR count). The second-order valence-corrected chi connectivity index (χ2v) is 8.06. The lowest BCUT2D eigenvalue weighted by Crippen LogP contribution is -2.14. The van der Waals surface area contributed by atoms with Gasteiger partial charge in [0.1, 0.15) is 5.71 Å². The van der Waals surface area contributed by atoms with Gasteiger partial charge in [-0.1, -0.05) is 13.8 Å². The average molecular weight is 395 g/mol. The fourth-order valence-corrected chi connectivity index (χ4v) is 3.80. The molecule has 0 aliphatic carbocycles. The van der Waals surface area contributed by atoms with Crippen LogP contribution in [0.4, 0.5) is 0 Å². The summed E-state index contributed by atoms with van der Waals surface area (Å²) in [4.78, 5) is 18.2. The highest BCUT2D eigenvalue weighted by Crippen LogP contribution is 2.30. The molecule has 0 aromatic carbocycles. The van der Waals surface area contributed by atoms with Crippen LogP contribution in [-0.4, -0.2) is 52.3 Å². The van der Waals surface area contributed by atoms with Crippen molar-refractivity contribution in [3.63, 3.8) is 0 Å². The molecule has 154 valence electrons. The number of carbonyl (C=O) groups is 1. The van der Waals surface area contributed by atoms with Gasteiger partial charge >= 0.3 is 0 Å². The van der Waals surface area contributed by atoms with E-state index in [-0.39, 0.29) is 5.91 Å². The summed E-state index contributed by atoms with van der Waals surface area (Å²) in [6.07, 6.45) is 8.48. The van der Waals surface area contributed by atoms with Crippen molar-refractivity contribution >= 4 is 17.7 Å². The van der Waals surface area contributed by atoms with E-state index in [4.69, 9.17) is 0 Å². The number of H-pyrrole nitrogens is 1. The molecule has 0 spiro atoms. The van der Waals surface area contributed by atoms with Crippen molar-refractivity contribution in [2.45, 2.75) is 46.0 Å². The van der Waals surface area contributed by atoms with Crippen LogP contribution in [0.2, 0.25) is 0 Å². The van der Waals surface area contributed by atoms with E-state index in [0.29, 0.717) is 17.2 Å². The maximum atomic E-state index is 12.5. The van der Waals surface area contributed by atoms with Crippen LogP contribution < -0.4 is 5.43 Å². The van der Waals surface area contributed by atoms with E-state index in [1.165, 1.54) is 23.2 Å². The Balaban J connectivity index is 1.92. The van der Waals surface area contributed by atoms with E-state index >= 15 is 0 Å². The Morgan fingerprint density at radius 2 is 2.00 bits per heavy atom. The number of carbonyl (C=O) groups excluding carboxylic acids is 1. The highest BCUT2D eigenvalue weighted by Gasteiger charge is 2.26. The Labute approximate surface area is 172 Å².